The molecule has 0 aliphatic heterocycles. The highest BCUT2D eigenvalue weighted by molar-refractivity contribution is 5.75. The molecular weight excluding hydrogens is 192 g/mol. The Bertz CT molecular complexity index is 301. The first kappa shape index (κ1) is 11.7. The lowest BCUT2D eigenvalue weighted by atomic mass is 10.2. The Kier molecular flexibility index (Phi) is 4.80. The molecular formula is C11H16N2O2. The first-order valence-corrected chi connectivity index (χ1v) is 4.82. The number of carbonyl (C=O) groups is 1. The van der Waals surface area contributed by atoms with Crippen molar-refractivity contribution in [2.24, 2.45) is 5.73 Å². The van der Waals surface area contributed by atoms with Crippen molar-refractivity contribution in [1.82, 2.24) is 5.32 Å². The van der Waals surface area contributed by atoms with E-state index in [4.69, 9.17) is 5.73 Å². The Balaban J connectivity index is 2.25. The van der Waals surface area contributed by atoms with Gasteiger partial charge in [0.1, 0.15) is 6.04 Å². The summed E-state index contributed by atoms with van der Waals surface area (Å²) in [5.41, 5.74) is 6.72. The Morgan fingerprint density at radius 1 is 1.47 bits per heavy atom. The van der Waals surface area contributed by atoms with Gasteiger partial charge in [0, 0.05) is 13.1 Å². The lowest BCUT2D eigenvalue weighted by molar-refractivity contribution is -0.142. The summed E-state index contributed by atoms with van der Waals surface area (Å²) in [5, 5.41) is 3.09. The molecule has 1 aromatic carbocycles. The second-order valence-electron chi connectivity index (χ2n) is 3.25. The molecule has 1 rings (SSSR count). The topological polar surface area (TPSA) is 64.3 Å². The minimum Gasteiger partial charge on any atom is -0.468 e. The monoisotopic (exact) mass is 208 g/mol. The first-order valence-electron chi connectivity index (χ1n) is 4.82. The number of hydrogen-bond acceptors (Lipinski definition) is 4. The highest BCUT2D eigenvalue weighted by Gasteiger charge is 2.12. The first-order chi connectivity index (χ1) is 7.24. The second kappa shape index (κ2) is 6.16. The molecule has 0 unspecified atom stereocenters. The summed E-state index contributed by atoms with van der Waals surface area (Å²) in [5.74, 6) is -0.393. The molecule has 0 aliphatic carbocycles. The molecule has 3 N–H and O–H groups in total. The number of rotatable bonds is 5. The van der Waals surface area contributed by atoms with E-state index >= 15 is 0 Å². The number of hydrogen-bond donors (Lipinski definition) is 2. The molecule has 1 atom stereocenters. The summed E-state index contributed by atoms with van der Waals surface area (Å²) in [4.78, 5) is 11.0. The van der Waals surface area contributed by atoms with Crippen LogP contribution in [0.25, 0.3) is 0 Å². The third-order valence-electron chi connectivity index (χ3n) is 2.04. The van der Waals surface area contributed by atoms with Gasteiger partial charge in [-0.1, -0.05) is 30.3 Å². The van der Waals surface area contributed by atoms with E-state index in [1.807, 2.05) is 30.3 Å². The smallest absolute Gasteiger partial charge is 0.323 e. The fourth-order valence-electron chi connectivity index (χ4n) is 1.20. The number of carbonyl (C=O) groups excluding carboxylic acids is 1. The minimum absolute atomic E-state index is 0.393. The van der Waals surface area contributed by atoms with Crippen LogP contribution >= 0.6 is 0 Å². The molecule has 0 heterocycles. The molecule has 0 saturated carbocycles. The van der Waals surface area contributed by atoms with Gasteiger partial charge in [0.05, 0.1) is 7.11 Å². The Morgan fingerprint density at radius 3 is 2.73 bits per heavy atom. The van der Waals surface area contributed by atoms with Crippen LogP contribution in [0.1, 0.15) is 5.56 Å². The number of nitrogens with two attached hydrogens (primary N) is 1. The van der Waals surface area contributed by atoms with Gasteiger partial charge in [-0.15, -0.1) is 0 Å². The van der Waals surface area contributed by atoms with Gasteiger partial charge in [0.25, 0.3) is 0 Å². The number of nitrogens with one attached hydrogen (secondary N) is 1. The molecule has 0 radical (unpaired) electrons. The Labute approximate surface area is 89.4 Å². The van der Waals surface area contributed by atoms with Gasteiger partial charge < -0.3 is 15.8 Å². The third-order valence-corrected chi connectivity index (χ3v) is 2.04. The van der Waals surface area contributed by atoms with Crippen LogP contribution < -0.4 is 11.1 Å². The van der Waals surface area contributed by atoms with Gasteiger partial charge in [-0.05, 0) is 5.56 Å². The SMILES string of the molecule is COC(=O)[C@@H](N)CNCc1ccccc1. The van der Waals surface area contributed by atoms with Gasteiger partial charge in [0.2, 0.25) is 0 Å². The molecule has 0 bridgehead atoms. The van der Waals surface area contributed by atoms with Crippen LogP contribution in [0.2, 0.25) is 0 Å². The van der Waals surface area contributed by atoms with Crippen molar-refractivity contribution in [3.05, 3.63) is 35.9 Å². The highest BCUT2D eigenvalue weighted by atomic mass is 16.5. The van der Waals surface area contributed by atoms with Crippen LogP contribution in [0.15, 0.2) is 30.3 Å². The molecule has 0 aliphatic rings. The number of ether oxygens (including phenoxy) is 1. The van der Waals surface area contributed by atoms with Crippen LogP contribution in [-0.2, 0) is 16.1 Å². The van der Waals surface area contributed by atoms with Crippen LogP contribution in [0.5, 0.6) is 0 Å². The predicted molar refractivity (Wildman–Crippen MR) is 58.1 cm³/mol. The van der Waals surface area contributed by atoms with Crippen molar-refractivity contribution in [2.45, 2.75) is 12.6 Å². The fourth-order valence-corrected chi connectivity index (χ4v) is 1.20. The van der Waals surface area contributed by atoms with Crippen molar-refractivity contribution < 1.29 is 9.53 Å². The summed E-state index contributed by atoms with van der Waals surface area (Å²) in [7, 11) is 1.33. The maximum absolute atomic E-state index is 11.0. The van der Waals surface area contributed by atoms with Crippen molar-refractivity contribution in [1.29, 1.82) is 0 Å². The molecule has 4 heteroatoms. The minimum atomic E-state index is -0.598. The predicted octanol–water partition coefficient (Wildman–Crippen LogP) is 0.277. The summed E-state index contributed by atoms with van der Waals surface area (Å²) in [6, 6.07) is 9.32. The Morgan fingerprint density at radius 2 is 2.13 bits per heavy atom. The number of benzene rings is 1. The largest absolute Gasteiger partial charge is 0.468 e. The average molecular weight is 208 g/mol. The van der Waals surface area contributed by atoms with Crippen LogP contribution in [0.4, 0.5) is 0 Å². The normalized spacial score (nSPS) is 12.1. The van der Waals surface area contributed by atoms with E-state index < -0.39 is 12.0 Å². The van der Waals surface area contributed by atoms with Gasteiger partial charge in [-0.25, -0.2) is 0 Å². The molecule has 82 valence electrons. The molecule has 1 aromatic rings. The van der Waals surface area contributed by atoms with E-state index in [0.29, 0.717) is 13.1 Å². The van der Waals surface area contributed by atoms with Crippen molar-refractivity contribution in [3.8, 4) is 0 Å². The lowest BCUT2D eigenvalue weighted by Gasteiger charge is -2.10. The number of esters is 1. The molecule has 0 spiro atoms. The molecule has 0 aromatic heterocycles. The zero-order chi connectivity index (χ0) is 11.1. The van der Waals surface area contributed by atoms with E-state index in [2.05, 4.69) is 10.1 Å². The quantitative estimate of drug-likeness (QED) is 0.682. The fraction of sp³-hybridized carbons (Fsp3) is 0.364. The summed E-state index contributed by atoms with van der Waals surface area (Å²) >= 11 is 0. The van der Waals surface area contributed by atoms with E-state index in [9.17, 15) is 4.79 Å². The maximum atomic E-state index is 11.0. The Hall–Kier alpha value is -1.39. The molecule has 0 amide bonds. The van der Waals surface area contributed by atoms with Crippen LogP contribution in [0.3, 0.4) is 0 Å². The van der Waals surface area contributed by atoms with E-state index in [0.717, 1.165) is 5.56 Å². The summed E-state index contributed by atoms with van der Waals surface area (Å²) in [6.45, 7) is 1.12. The van der Waals surface area contributed by atoms with Crippen molar-refractivity contribution in [3.63, 3.8) is 0 Å². The lowest BCUT2D eigenvalue weighted by Crippen LogP contribution is -2.40. The average Bonchev–Trinajstić information content (AvgIpc) is 2.29. The summed E-state index contributed by atoms with van der Waals surface area (Å²) < 4.78 is 4.51. The van der Waals surface area contributed by atoms with Crippen LogP contribution in [-0.4, -0.2) is 25.7 Å². The molecule has 0 saturated heterocycles. The number of methoxy groups -OCH3 is 1. The van der Waals surface area contributed by atoms with E-state index in [1.54, 1.807) is 0 Å². The zero-order valence-electron chi connectivity index (χ0n) is 8.77. The van der Waals surface area contributed by atoms with Crippen molar-refractivity contribution >= 4 is 5.97 Å². The molecule has 15 heavy (non-hydrogen) atoms. The highest BCUT2D eigenvalue weighted by Crippen LogP contribution is 1.96. The molecule has 4 nitrogen and oxygen atoms in total. The second-order valence-corrected chi connectivity index (χ2v) is 3.25. The van der Waals surface area contributed by atoms with Gasteiger partial charge in [-0.3, -0.25) is 4.79 Å². The van der Waals surface area contributed by atoms with Crippen LogP contribution in [0, 0.1) is 0 Å². The van der Waals surface area contributed by atoms with E-state index in [1.165, 1.54) is 7.11 Å². The van der Waals surface area contributed by atoms with Crippen molar-refractivity contribution in [2.75, 3.05) is 13.7 Å². The van der Waals surface area contributed by atoms with Gasteiger partial charge >= 0.3 is 5.97 Å². The summed E-state index contributed by atoms with van der Waals surface area (Å²) in [6.07, 6.45) is 0. The zero-order valence-corrected chi connectivity index (χ0v) is 8.77. The standard InChI is InChI=1S/C11H16N2O2/c1-15-11(14)10(12)8-13-7-9-5-3-2-4-6-9/h2-6,10,13H,7-8,12H2,1H3/t10-/m0/s1. The maximum Gasteiger partial charge on any atom is 0.323 e. The third kappa shape index (κ3) is 4.10. The van der Waals surface area contributed by atoms with E-state index in [-0.39, 0.29) is 0 Å². The van der Waals surface area contributed by atoms with Gasteiger partial charge in [0.15, 0.2) is 0 Å². The van der Waals surface area contributed by atoms with Gasteiger partial charge in [-0.2, -0.15) is 0 Å². The molecule has 0 fully saturated rings.